The lowest BCUT2D eigenvalue weighted by molar-refractivity contribution is 0.340. The maximum atomic E-state index is 12.1. The molecule has 0 atom stereocenters. The molecule has 0 aliphatic carbocycles. The fourth-order valence-electron chi connectivity index (χ4n) is 2.80. The second kappa shape index (κ2) is 6.32. The second-order valence-corrected chi connectivity index (χ2v) is 5.62. The Bertz CT molecular complexity index is 1060. The van der Waals surface area contributed by atoms with Gasteiger partial charge in [-0.2, -0.15) is 0 Å². The third kappa shape index (κ3) is 2.94. The van der Waals surface area contributed by atoms with E-state index in [0.717, 1.165) is 22.5 Å². The molecule has 0 fully saturated rings. The van der Waals surface area contributed by atoms with Crippen molar-refractivity contribution in [3.63, 3.8) is 0 Å². The van der Waals surface area contributed by atoms with Crippen molar-refractivity contribution in [2.24, 2.45) is 0 Å². The maximum Gasteiger partial charge on any atom is 0.420 e. The van der Waals surface area contributed by atoms with Crippen LogP contribution in [0.3, 0.4) is 0 Å². The van der Waals surface area contributed by atoms with Crippen LogP contribution >= 0.6 is 0 Å². The molecule has 0 aliphatic heterocycles. The number of fused-ring (bicyclic) bond motifs is 1. The van der Waals surface area contributed by atoms with Gasteiger partial charge in [0.1, 0.15) is 11.6 Å². The number of imidazole rings is 1. The van der Waals surface area contributed by atoms with Crippen LogP contribution in [0.1, 0.15) is 12.7 Å². The Labute approximate surface area is 143 Å². The summed E-state index contributed by atoms with van der Waals surface area (Å²) in [6.45, 7) is 2.92. The molecule has 4 rings (SSSR count). The topological polar surface area (TPSA) is 73.1 Å². The molecule has 4 aromatic rings. The van der Waals surface area contributed by atoms with Crippen LogP contribution in [0.4, 0.5) is 0 Å². The van der Waals surface area contributed by atoms with E-state index in [4.69, 9.17) is 9.15 Å². The number of aromatic nitrogens is 3. The zero-order chi connectivity index (χ0) is 17.2. The molecule has 2 aromatic heterocycles. The Morgan fingerprint density at radius 1 is 1.16 bits per heavy atom. The van der Waals surface area contributed by atoms with Gasteiger partial charge in [-0.25, -0.2) is 9.78 Å². The summed E-state index contributed by atoms with van der Waals surface area (Å²) in [6.07, 6.45) is 1.76. The lowest BCUT2D eigenvalue weighted by Crippen LogP contribution is -2.15. The minimum Gasteiger partial charge on any atom is -0.494 e. The number of hydrogen-bond donors (Lipinski definition) is 1. The number of benzene rings is 2. The first-order chi connectivity index (χ1) is 12.2. The second-order valence-electron chi connectivity index (χ2n) is 5.62. The molecule has 0 saturated heterocycles. The average molecular weight is 335 g/mol. The zero-order valence-corrected chi connectivity index (χ0v) is 13.7. The van der Waals surface area contributed by atoms with Crippen molar-refractivity contribution in [2.45, 2.75) is 13.5 Å². The van der Waals surface area contributed by atoms with E-state index in [1.165, 1.54) is 0 Å². The molecule has 25 heavy (non-hydrogen) atoms. The summed E-state index contributed by atoms with van der Waals surface area (Å²) in [5.74, 6) is 1.14. The van der Waals surface area contributed by atoms with Gasteiger partial charge in [0, 0.05) is 0 Å². The Hall–Kier alpha value is -3.28. The molecule has 0 radical (unpaired) electrons. The van der Waals surface area contributed by atoms with Crippen molar-refractivity contribution < 1.29 is 9.15 Å². The number of para-hydroxylation sites is 2. The van der Waals surface area contributed by atoms with Crippen molar-refractivity contribution in [2.75, 3.05) is 6.61 Å². The maximum absolute atomic E-state index is 12.1. The van der Waals surface area contributed by atoms with Crippen molar-refractivity contribution in [1.29, 1.82) is 0 Å². The molecule has 1 N–H and O–H groups in total. The minimum atomic E-state index is -0.389. The quantitative estimate of drug-likeness (QED) is 0.606. The number of nitrogens with zero attached hydrogens (tertiary/aromatic N) is 2. The molecule has 0 spiro atoms. The summed E-state index contributed by atoms with van der Waals surface area (Å²) in [4.78, 5) is 19.7. The lowest BCUT2D eigenvalue weighted by Gasteiger charge is -2.03. The van der Waals surface area contributed by atoms with Gasteiger partial charge in [0.25, 0.3) is 0 Å². The molecule has 0 bridgehead atoms. The molecule has 0 amide bonds. The Morgan fingerprint density at radius 2 is 1.96 bits per heavy atom. The minimum absolute atomic E-state index is 0.326. The van der Waals surface area contributed by atoms with E-state index in [1.54, 1.807) is 16.8 Å². The van der Waals surface area contributed by atoms with Gasteiger partial charge in [-0.15, -0.1) is 0 Å². The fourth-order valence-corrected chi connectivity index (χ4v) is 2.80. The van der Waals surface area contributed by atoms with Gasteiger partial charge in [0.2, 0.25) is 0 Å². The number of aromatic amines is 1. The number of nitrogens with one attached hydrogen (secondary N) is 1. The van der Waals surface area contributed by atoms with Gasteiger partial charge in [0.05, 0.1) is 30.6 Å². The monoisotopic (exact) mass is 335 g/mol. The molecule has 2 aromatic carbocycles. The van der Waals surface area contributed by atoms with E-state index < -0.39 is 0 Å². The van der Waals surface area contributed by atoms with E-state index in [-0.39, 0.29) is 5.76 Å². The summed E-state index contributed by atoms with van der Waals surface area (Å²) in [7, 11) is 0. The van der Waals surface area contributed by atoms with Crippen molar-refractivity contribution >= 4 is 11.1 Å². The number of oxazole rings is 1. The van der Waals surface area contributed by atoms with Gasteiger partial charge >= 0.3 is 5.76 Å². The van der Waals surface area contributed by atoms with Crippen LogP contribution in [-0.2, 0) is 6.54 Å². The standard InChI is InChI=1S/C19H17N3O3/c1-2-24-14-9-7-13(8-10-14)15-11-20-18(21-15)12-22-16-5-3-4-6-17(16)25-19(22)23/h3-11H,2,12H2,1H3,(H,20,21). The smallest absolute Gasteiger partial charge is 0.420 e. The van der Waals surface area contributed by atoms with Crippen LogP contribution in [0.5, 0.6) is 5.75 Å². The van der Waals surface area contributed by atoms with E-state index in [0.29, 0.717) is 24.6 Å². The SMILES string of the molecule is CCOc1ccc(-c2cnc(Cn3c(=O)oc4ccccc43)[nH]2)cc1. The molecule has 2 heterocycles. The van der Waals surface area contributed by atoms with Gasteiger partial charge in [-0.05, 0) is 48.9 Å². The van der Waals surface area contributed by atoms with E-state index in [1.807, 2.05) is 49.4 Å². The summed E-state index contributed by atoms with van der Waals surface area (Å²) in [5.41, 5.74) is 3.22. The number of ether oxygens (including phenoxy) is 1. The van der Waals surface area contributed by atoms with Crippen LogP contribution < -0.4 is 10.5 Å². The van der Waals surface area contributed by atoms with Gasteiger partial charge in [0.15, 0.2) is 5.58 Å². The van der Waals surface area contributed by atoms with Crippen LogP contribution in [0.2, 0.25) is 0 Å². The van der Waals surface area contributed by atoms with Crippen LogP contribution in [0.15, 0.2) is 63.9 Å². The van der Waals surface area contributed by atoms with Crippen LogP contribution in [0, 0.1) is 0 Å². The summed E-state index contributed by atoms with van der Waals surface area (Å²) < 4.78 is 12.3. The fraction of sp³-hybridized carbons (Fsp3) is 0.158. The normalized spacial score (nSPS) is 11.1. The highest BCUT2D eigenvalue weighted by atomic mass is 16.5. The molecule has 0 saturated carbocycles. The third-order valence-corrected chi connectivity index (χ3v) is 3.99. The summed E-state index contributed by atoms with van der Waals surface area (Å²) >= 11 is 0. The van der Waals surface area contributed by atoms with Crippen molar-refractivity contribution in [3.05, 3.63) is 71.1 Å². The third-order valence-electron chi connectivity index (χ3n) is 3.99. The molecule has 6 heteroatoms. The largest absolute Gasteiger partial charge is 0.494 e. The van der Waals surface area contributed by atoms with E-state index in [9.17, 15) is 4.79 Å². The Kier molecular flexibility index (Phi) is 3.85. The first kappa shape index (κ1) is 15.3. The highest BCUT2D eigenvalue weighted by Gasteiger charge is 2.11. The van der Waals surface area contributed by atoms with Gasteiger partial charge in [-0.3, -0.25) is 4.57 Å². The molecule has 6 nitrogen and oxygen atoms in total. The highest BCUT2D eigenvalue weighted by Crippen LogP contribution is 2.21. The van der Waals surface area contributed by atoms with Crippen molar-refractivity contribution in [3.8, 4) is 17.0 Å². The summed E-state index contributed by atoms with van der Waals surface area (Å²) in [6, 6.07) is 15.1. The molecule has 0 aliphatic rings. The first-order valence-corrected chi connectivity index (χ1v) is 8.10. The number of hydrogen-bond acceptors (Lipinski definition) is 4. The van der Waals surface area contributed by atoms with Crippen LogP contribution in [0.25, 0.3) is 22.4 Å². The van der Waals surface area contributed by atoms with Crippen molar-refractivity contribution in [1.82, 2.24) is 14.5 Å². The van der Waals surface area contributed by atoms with Crippen LogP contribution in [-0.4, -0.2) is 21.1 Å². The Balaban J connectivity index is 1.61. The predicted molar refractivity (Wildman–Crippen MR) is 94.8 cm³/mol. The van der Waals surface area contributed by atoms with Gasteiger partial charge < -0.3 is 14.1 Å². The first-order valence-electron chi connectivity index (χ1n) is 8.10. The predicted octanol–water partition coefficient (Wildman–Crippen LogP) is 3.43. The summed E-state index contributed by atoms with van der Waals surface area (Å²) in [5, 5.41) is 0. The lowest BCUT2D eigenvalue weighted by atomic mass is 10.2. The number of H-pyrrole nitrogens is 1. The van der Waals surface area contributed by atoms with Gasteiger partial charge in [-0.1, -0.05) is 12.1 Å². The number of rotatable bonds is 5. The molecular weight excluding hydrogens is 318 g/mol. The molecule has 126 valence electrons. The molecular formula is C19H17N3O3. The Morgan fingerprint density at radius 3 is 2.76 bits per heavy atom. The van der Waals surface area contributed by atoms with E-state index in [2.05, 4.69) is 9.97 Å². The zero-order valence-electron chi connectivity index (χ0n) is 13.7. The van der Waals surface area contributed by atoms with E-state index >= 15 is 0 Å². The molecule has 0 unspecified atom stereocenters. The highest BCUT2D eigenvalue weighted by molar-refractivity contribution is 5.72. The average Bonchev–Trinajstić information content (AvgIpc) is 3.21.